The molecule has 0 spiro atoms. The van der Waals surface area contributed by atoms with Gasteiger partial charge < -0.3 is 15.4 Å². The molecule has 2 aromatic heterocycles. The highest BCUT2D eigenvalue weighted by Crippen LogP contribution is 2.34. The zero-order chi connectivity index (χ0) is 21.5. The average Bonchev–Trinajstić information content (AvgIpc) is 3.08. The molecule has 0 aliphatic carbocycles. The molecular formula is C21H25BrN6O2. The van der Waals surface area contributed by atoms with Crippen LogP contribution in [0.1, 0.15) is 39.7 Å². The van der Waals surface area contributed by atoms with Gasteiger partial charge in [-0.1, -0.05) is 28.1 Å². The van der Waals surface area contributed by atoms with Crippen LogP contribution in [0.3, 0.4) is 0 Å². The van der Waals surface area contributed by atoms with E-state index in [-0.39, 0.29) is 12.1 Å². The highest BCUT2D eigenvalue weighted by molar-refractivity contribution is 9.10. The van der Waals surface area contributed by atoms with Crippen molar-refractivity contribution in [2.24, 2.45) is 0 Å². The molecule has 1 aliphatic heterocycles. The third-order valence-electron chi connectivity index (χ3n) is 5.03. The fourth-order valence-corrected chi connectivity index (χ4v) is 3.97. The standard InChI is InChI=1S/C21H25BrN6O2/c1-21(2,3)30-20(29)27-10-4-5-15(11-27)28-19-16(18(23)24-12-25-19)17(26-28)13-6-8-14(22)9-7-13/h6-9,12,15H,4-5,10-11H2,1-3H3,(H2,23,24,25)/t15-/m1/s1. The third-order valence-corrected chi connectivity index (χ3v) is 5.56. The van der Waals surface area contributed by atoms with E-state index in [1.54, 1.807) is 4.90 Å². The minimum atomic E-state index is -0.529. The number of ether oxygens (including phenoxy) is 1. The van der Waals surface area contributed by atoms with Crippen molar-refractivity contribution in [2.75, 3.05) is 18.8 Å². The maximum absolute atomic E-state index is 12.6. The molecule has 0 unspecified atom stereocenters. The predicted octanol–water partition coefficient (Wildman–Crippen LogP) is 4.41. The molecule has 1 amide bonds. The number of anilines is 1. The van der Waals surface area contributed by atoms with Gasteiger partial charge in [-0.15, -0.1) is 0 Å². The van der Waals surface area contributed by atoms with Crippen molar-refractivity contribution >= 4 is 38.9 Å². The maximum Gasteiger partial charge on any atom is 0.410 e. The molecule has 1 atom stereocenters. The van der Waals surface area contributed by atoms with Crippen LogP contribution < -0.4 is 5.73 Å². The summed E-state index contributed by atoms with van der Waals surface area (Å²) in [7, 11) is 0. The van der Waals surface area contributed by atoms with E-state index >= 15 is 0 Å². The van der Waals surface area contributed by atoms with E-state index in [1.807, 2.05) is 49.7 Å². The number of hydrogen-bond donors (Lipinski definition) is 1. The molecule has 2 N–H and O–H groups in total. The molecule has 0 radical (unpaired) electrons. The summed E-state index contributed by atoms with van der Waals surface area (Å²) in [5, 5.41) is 5.61. The fraction of sp³-hybridized carbons (Fsp3) is 0.429. The van der Waals surface area contributed by atoms with Crippen molar-refractivity contribution in [1.82, 2.24) is 24.6 Å². The quantitative estimate of drug-likeness (QED) is 0.592. The van der Waals surface area contributed by atoms with Crippen LogP contribution in [0.4, 0.5) is 10.6 Å². The molecule has 0 bridgehead atoms. The summed E-state index contributed by atoms with van der Waals surface area (Å²) in [6, 6.07) is 7.87. The van der Waals surface area contributed by atoms with E-state index in [0.29, 0.717) is 24.6 Å². The normalized spacial score (nSPS) is 17.3. The second-order valence-electron chi connectivity index (χ2n) is 8.48. The van der Waals surface area contributed by atoms with Gasteiger partial charge in [0.05, 0.1) is 11.4 Å². The number of nitrogen functional groups attached to an aromatic ring is 1. The Balaban J connectivity index is 1.71. The van der Waals surface area contributed by atoms with Crippen molar-refractivity contribution in [1.29, 1.82) is 0 Å². The van der Waals surface area contributed by atoms with Gasteiger partial charge in [0.1, 0.15) is 23.4 Å². The fourth-order valence-electron chi connectivity index (χ4n) is 3.71. The number of carbonyl (C=O) groups excluding carboxylic acids is 1. The highest BCUT2D eigenvalue weighted by Gasteiger charge is 2.31. The number of halogens is 1. The zero-order valence-corrected chi connectivity index (χ0v) is 18.9. The van der Waals surface area contributed by atoms with Crippen molar-refractivity contribution in [3.05, 3.63) is 35.1 Å². The highest BCUT2D eigenvalue weighted by atomic mass is 79.9. The molecule has 1 aliphatic rings. The van der Waals surface area contributed by atoms with Crippen molar-refractivity contribution in [2.45, 2.75) is 45.3 Å². The van der Waals surface area contributed by atoms with Gasteiger partial charge >= 0.3 is 6.09 Å². The number of likely N-dealkylation sites (tertiary alicyclic amines) is 1. The third kappa shape index (κ3) is 4.12. The number of hydrogen-bond acceptors (Lipinski definition) is 6. The molecule has 8 nitrogen and oxygen atoms in total. The van der Waals surface area contributed by atoms with Gasteiger partial charge in [0.2, 0.25) is 0 Å². The lowest BCUT2D eigenvalue weighted by Crippen LogP contribution is -2.43. The molecule has 3 heterocycles. The Bertz CT molecular complexity index is 1070. The Morgan fingerprint density at radius 2 is 1.97 bits per heavy atom. The summed E-state index contributed by atoms with van der Waals surface area (Å²) < 4.78 is 8.44. The van der Waals surface area contributed by atoms with Gasteiger partial charge in [0, 0.05) is 23.1 Å². The second kappa shape index (κ2) is 7.86. The molecule has 30 heavy (non-hydrogen) atoms. The van der Waals surface area contributed by atoms with Crippen molar-refractivity contribution < 1.29 is 9.53 Å². The van der Waals surface area contributed by atoms with Gasteiger partial charge in [-0.05, 0) is 45.7 Å². The van der Waals surface area contributed by atoms with Crippen LogP contribution in [-0.2, 0) is 4.74 Å². The number of carbonyl (C=O) groups is 1. The smallest absolute Gasteiger partial charge is 0.410 e. The molecule has 158 valence electrons. The van der Waals surface area contributed by atoms with E-state index in [2.05, 4.69) is 25.9 Å². The number of nitrogens with zero attached hydrogens (tertiary/aromatic N) is 5. The number of fused-ring (bicyclic) bond motifs is 1. The maximum atomic E-state index is 12.6. The Hall–Kier alpha value is -2.68. The Kier molecular flexibility index (Phi) is 5.40. The van der Waals surface area contributed by atoms with E-state index < -0.39 is 5.60 Å². The zero-order valence-electron chi connectivity index (χ0n) is 17.3. The monoisotopic (exact) mass is 472 g/mol. The Morgan fingerprint density at radius 1 is 1.23 bits per heavy atom. The van der Waals surface area contributed by atoms with Gasteiger partial charge in [0.25, 0.3) is 0 Å². The summed E-state index contributed by atoms with van der Waals surface area (Å²) in [4.78, 5) is 23.0. The van der Waals surface area contributed by atoms with Crippen LogP contribution in [0.5, 0.6) is 0 Å². The topological polar surface area (TPSA) is 99.2 Å². The summed E-state index contributed by atoms with van der Waals surface area (Å²) in [6.07, 6.45) is 2.90. The molecular weight excluding hydrogens is 448 g/mol. The first kappa shape index (κ1) is 20.6. The van der Waals surface area contributed by atoms with Crippen LogP contribution in [0.15, 0.2) is 35.1 Å². The molecule has 0 saturated carbocycles. The van der Waals surface area contributed by atoms with Crippen LogP contribution in [0.2, 0.25) is 0 Å². The van der Waals surface area contributed by atoms with Gasteiger partial charge in [-0.3, -0.25) is 0 Å². The van der Waals surface area contributed by atoms with E-state index in [4.69, 9.17) is 15.6 Å². The van der Waals surface area contributed by atoms with Crippen LogP contribution in [0.25, 0.3) is 22.3 Å². The van der Waals surface area contributed by atoms with Crippen LogP contribution in [-0.4, -0.2) is 49.4 Å². The number of rotatable bonds is 2. The molecule has 4 rings (SSSR count). The lowest BCUT2D eigenvalue weighted by Gasteiger charge is -2.34. The summed E-state index contributed by atoms with van der Waals surface area (Å²) in [5.41, 5.74) is 8.04. The molecule has 1 fully saturated rings. The van der Waals surface area contributed by atoms with E-state index in [1.165, 1.54) is 6.33 Å². The summed E-state index contributed by atoms with van der Waals surface area (Å²) >= 11 is 3.47. The van der Waals surface area contributed by atoms with Crippen molar-refractivity contribution in [3.8, 4) is 11.3 Å². The van der Waals surface area contributed by atoms with Gasteiger partial charge in [-0.2, -0.15) is 5.10 Å². The summed E-state index contributed by atoms with van der Waals surface area (Å²) in [6.45, 7) is 6.79. The van der Waals surface area contributed by atoms with Crippen LogP contribution in [0, 0.1) is 0 Å². The molecule has 9 heteroatoms. The van der Waals surface area contributed by atoms with E-state index in [0.717, 1.165) is 34.0 Å². The van der Waals surface area contributed by atoms with E-state index in [9.17, 15) is 4.79 Å². The first-order valence-electron chi connectivity index (χ1n) is 9.95. The number of benzene rings is 1. The minimum absolute atomic E-state index is 0.0210. The number of piperidine rings is 1. The molecule has 1 saturated heterocycles. The first-order valence-corrected chi connectivity index (χ1v) is 10.7. The molecule has 1 aromatic carbocycles. The number of amides is 1. The number of nitrogens with two attached hydrogens (primary N) is 1. The van der Waals surface area contributed by atoms with Crippen molar-refractivity contribution in [3.63, 3.8) is 0 Å². The number of aromatic nitrogens is 4. The summed E-state index contributed by atoms with van der Waals surface area (Å²) in [5.74, 6) is 0.393. The largest absolute Gasteiger partial charge is 0.444 e. The predicted molar refractivity (Wildman–Crippen MR) is 119 cm³/mol. The van der Waals surface area contributed by atoms with Gasteiger partial charge in [0.15, 0.2) is 5.65 Å². The van der Waals surface area contributed by atoms with Gasteiger partial charge in [-0.25, -0.2) is 19.4 Å². The first-order chi connectivity index (χ1) is 14.2. The van der Waals surface area contributed by atoms with Crippen LogP contribution >= 0.6 is 15.9 Å². The minimum Gasteiger partial charge on any atom is -0.444 e. The Labute approximate surface area is 183 Å². The SMILES string of the molecule is CC(C)(C)OC(=O)N1CCC[C@@H](n2nc(-c3ccc(Br)cc3)c3c(N)ncnc32)C1. The lowest BCUT2D eigenvalue weighted by atomic mass is 10.1. The Morgan fingerprint density at radius 3 is 2.67 bits per heavy atom. The average molecular weight is 473 g/mol. The lowest BCUT2D eigenvalue weighted by molar-refractivity contribution is 0.0169. The second-order valence-corrected chi connectivity index (χ2v) is 9.40. The molecule has 3 aromatic rings.